The number of phenolic OH excluding ortho intramolecular Hbond substituents is 1. The van der Waals surface area contributed by atoms with E-state index in [-0.39, 0.29) is 16.7 Å². The lowest BCUT2D eigenvalue weighted by Crippen LogP contribution is -2.17. The SMILES string of the molecule is CC(C)(C)c1cc(-c2ccccc2CCC(N)=O)cc(C(C)(C)C)c1O. The van der Waals surface area contributed by atoms with Gasteiger partial charge in [-0.1, -0.05) is 65.8 Å². The maximum atomic E-state index is 11.2. The fourth-order valence-electron chi connectivity index (χ4n) is 3.21. The van der Waals surface area contributed by atoms with Gasteiger partial charge in [0.25, 0.3) is 0 Å². The quantitative estimate of drug-likeness (QED) is 0.806. The first-order valence-electron chi connectivity index (χ1n) is 9.16. The summed E-state index contributed by atoms with van der Waals surface area (Å²) in [6, 6.07) is 12.3. The van der Waals surface area contributed by atoms with E-state index in [2.05, 4.69) is 59.7 Å². The van der Waals surface area contributed by atoms with Crippen molar-refractivity contribution in [2.75, 3.05) is 0 Å². The summed E-state index contributed by atoms with van der Waals surface area (Å²) in [6.07, 6.45) is 0.940. The monoisotopic (exact) mass is 353 g/mol. The lowest BCUT2D eigenvalue weighted by molar-refractivity contribution is -0.117. The van der Waals surface area contributed by atoms with Gasteiger partial charge < -0.3 is 10.8 Å². The van der Waals surface area contributed by atoms with E-state index < -0.39 is 0 Å². The largest absolute Gasteiger partial charge is 0.507 e. The van der Waals surface area contributed by atoms with E-state index in [0.717, 1.165) is 27.8 Å². The van der Waals surface area contributed by atoms with E-state index in [4.69, 9.17) is 5.73 Å². The maximum Gasteiger partial charge on any atom is 0.217 e. The predicted octanol–water partition coefficient (Wildman–Crippen LogP) is 5.07. The van der Waals surface area contributed by atoms with Crippen LogP contribution in [0.5, 0.6) is 5.75 Å². The fourth-order valence-corrected chi connectivity index (χ4v) is 3.21. The van der Waals surface area contributed by atoms with Crippen molar-refractivity contribution in [1.82, 2.24) is 0 Å². The first-order chi connectivity index (χ1) is 11.9. The zero-order valence-corrected chi connectivity index (χ0v) is 16.8. The normalized spacial score (nSPS) is 12.2. The molecule has 0 aliphatic carbocycles. The van der Waals surface area contributed by atoms with Crippen LogP contribution in [0, 0.1) is 0 Å². The van der Waals surface area contributed by atoms with E-state index in [1.807, 2.05) is 18.2 Å². The Hall–Kier alpha value is -2.29. The molecule has 2 aromatic carbocycles. The highest BCUT2D eigenvalue weighted by molar-refractivity contribution is 5.76. The molecule has 0 spiro atoms. The molecule has 0 unspecified atom stereocenters. The Kier molecular flexibility index (Phi) is 5.50. The van der Waals surface area contributed by atoms with Crippen LogP contribution in [0.15, 0.2) is 36.4 Å². The number of benzene rings is 2. The third-order valence-electron chi connectivity index (χ3n) is 4.70. The van der Waals surface area contributed by atoms with E-state index >= 15 is 0 Å². The third-order valence-corrected chi connectivity index (χ3v) is 4.70. The molecule has 0 aliphatic rings. The number of hydrogen-bond acceptors (Lipinski definition) is 2. The summed E-state index contributed by atoms with van der Waals surface area (Å²) < 4.78 is 0. The lowest BCUT2D eigenvalue weighted by atomic mass is 9.77. The lowest BCUT2D eigenvalue weighted by Gasteiger charge is -2.28. The summed E-state index contributed by atoms with van der Waals surface area (Å²) >= 11 is 0. The van der Waals surface area contributed by atoms with Crippen molar-refractivity contribution in [3.63, 3.8) is 0 Å². The van der Waals surface area contributed by atoms with Gasteiger partial charge in [0.15, 0.2) is 0 Å². The molecule has 2 rings (SSSR count). The minimum Gasteiger partial charge on any atom is -0.507 e. The average molecular weight is 354 g/mol. The van der Waals surface area contributed by atoms with Crippen molar-refractivity contribution < 1.29 is 9.90 Å². The summed E-state index contributed by atoms with van der Waals surface area (Å²) in [5.41, 5.74) is 10.1. The van der Waals surface area contributed by atoms with Crippen molar-refractivity contribution in [2.45, 2.75) is 65.2 Å². The number of nitrogens with two attached hydrogens (primary N) is 1. The number of aryl methyl sites for hydroxylation is 1. The average Bonchev–Trinajstić information content (AvgIpc) is 2.51. The molecule has 3 N–H and O–H groups in total. The van der Waals surface area contributed by atoms with Gasteiger partial charge in [-0.15, -0.1) is 0 Å². The maximum absolute atomic E-state index is 11.2. The Morgan fingerprint density at radius 1 is 0.962 bits per heavy atom. The van der Waals surface area contributed by atoms with Crippen LogP contribution in [0.4, 0.5) is 0 Å². The van der Waals surface area contributed by atoms with Crippen molar-refractivity contribution in [2.24, 2.45) is 5.73 Å². The highest BCUT2D eigenvalue weighted by Gasteiger charge is 2.27. The molecule has 0 aromatic heterocycles. The number of primary amides is 1. The van der Waals surface area contributed by atoms with Crippen LogP contribution >= 0.6 is 0 Å². The number of carbonyl (C=O) groups is 1. The summed E-state index contributed by atoms with van der Waals surface area (Å²) in [7, 11) is 0. The molecule has 0 heterocycles. The topological polar surface area (TPSA) is 63.3 Å². The highest BCUT2D eigenvalue weighted by Crippen LogP contribution is 2.42. The van der Waals surface area contributed by atoms with Crippen molar-refractivity contribution >= 4 is 5.91 Å². The molecule has 0 atom stereocenters. The molecule has 0 saturated heterocycles. The van der Waals surface area contributed by atoms with Crippen molar-refractivity contribution in [1.29, 1.82) is 0 Å². The first-order valence-corrected chi connectivity index (χ1v) is 9.16. The second-order valence-electron chi connectivity index (χ2n) is 9.04. The number of hydrogen-bond donors (Lipinski definition) is 2. The van der Waals surface area contributed by atoms with Gasteiger partial charge in [-0.25, -0.2) is 0 Å². The van der Waals surface area contributed by atoms with Gasteiger partial charge >= 0.3 is 0 Å². The van der Waals surface area contributed by atoms with E-state index in [0.29, 0.717) is 18.6 Å². The van der Waals surface area contributed by atoms with Crippen LogP contribution in [0.3, 0.4) is 0 Å². The number of rotatable bonds is 4. The minimum absolute atomic E-state index is 0.178. The zero-order chi connectivity index (χ0) is 19.7. The molecule has 0 radical (unpaired) electrons. The number of carbonyl (C=O) groups excluding carboxylic acids is 1. The van der Waals surface area contributed by atoms with E-state index in [1.54, 1.807) is 0 Å². The molecule has 0 saturated carbocycles. The minimum atomic E-state index is -0.295. The van der Waals surface area contributed by atoms with Gasteiger partial charge in [-0.2, -0.15) is 0 Å². The third kappa shape index (κ3) is 4.46. The van der Waals surface area contributed by atoms with Crippen LogP contribution in [-0.2, 0) is 22.0 Å². The Labute approximate surface area is 157 Å². The Balaban J connectivity index is 2.69. The van der Waals surface area contributed by atoms with Crippen LogP contribution in [0.25, 0.3) is 11.1 Å². The van der Waals surface area contributed by atoms with Crippen molar-refractivity contribution in [3.05, 3.63) is 53.1 Å². The van der Waals surface area contributed by atoms with Gasteiger partial charge in [0.05, 0.1) is 0 Å². The van der Waals surface area contributed by atoms with Gasteiger partial charge in [0.1, 0.15) is 5.75 Å². The standard InChI is InChI=1S/C23H31NO2/c1-22(2,3)18-13-16(14-19(21(18)26)23(4,5)6)17-10-8-7-9-15(17)11-12-20(24)25/h7-10,13-14,26H,11-12H2,1-6H3,(H2,24,25). The molecule has 26 heavy (non-hydrogen) atoms. The Morgan fingerprint density at radius 3 is 1.92 bits per heavy atom. The van der Waals surface area contributed by atoms with Crippen LogP contribution in [0.1, 0.15) is 64.7 Å². The molecule has 0 bridgehead atoms. The smallest absolute Gasteiger partial charge is 0.217 e. The fraction of sp³-hybridized carbons (Fsp3) is 0.435. The number of amides is 1. The Bertz CT molecular complexity index is 773. The van der Waals surface area contributed by atoms with Gasteiger partial charge in [0.2, 0.25) is 5.91 Å². The number of phenols is 1. The van der Waals surface area contributed by atoms with Crippen molar-refractivity contribution in [3.8, 4) is 16.9 Å². The molecule has 1 amide bonds. The van der Waals surface area contributed by atoms with Gasteiger partial charge in [0, 0.05) is 17.5 Å². The summed E-state index contributed by atoms with van der Waals surface area (Å²) in [5.74, 6) is 0.0830. The van der Waals surface area contributed by atoms with Gasteiger partial charge in [-0.3, -0.25) is 4.79 Å². The summed E-state index contributed by atoms with van der Waals surface area (Å²) in [5, 5.41) is 10.9. The van der Waals surface area contributed by atoms with Crippen LogP contribution < -0.4 is 5.73 Å². The Morgan fingerprint density at radius 2 is 1.46 bits per heavy atom. The van der Waals surface area contributed by atoms with Gasteiger partial charge in [-0.05, 0) is 46.1 Å². The van der Waals surface area contributed by atoms with Crippen LogP contribution in [0.2, 0.25) is 0 Å². The second kappa shape index (κ2) is 7.14. The molecule has 2 aromatic rings. The van der Waals surface area contributed by atoms with Crippen LogP contribution in [-0.4, -0.2) is 11.0 Å². The molecular weight excluding hydrogens is 322 g/mol. The summed E-state index contributed by atoms with van der Waals surface area (Å²) in [6.45, 7) is 12.7. The summed E-state index contributed by atoms with van der Waals surface area (Å²) in [4.78, 5) is 11.2. The second-order valence-corrected chi connectivity index (χ2v) is 9.04. The number of aromatic hydroxyl groups is 1. The first kappa shape index (κ1) is 20.0. The molecule has 3 heteroatoms. The zero-order valence-electron chi connectivity index (χ0n) is 16.8. The molecular formula is C23H31NO2. The molecule has 0 fully saturated rings. The molecule has 0 aliphatic heterocycles. The predicted molar refractivity (Wildman–Crippen MR) is 108 cm³/mol. The highest BCUT2D eigenvalue weighted by atomic mass is 16.3. The van der Waals surface area contributed by atoms with E-state index in [9.17, 15) is 9.90 Å². The van der Waals surface area contributed by atoms with E-state index in [1.165, 1.54) is 0 Å². The molecule has 140 valence electrons. The molecule has 3 nitrogen and oxygen atoms in total.